The first-order valence-corrected chi connectivity index (χ1v) is 5.43. The molecule has 1 N–H and O–H groups in total. The van der Waals surface area contributed by atoms with E-state index in [4.69, 9.17) is 11.6 Å². The highest BCUT2D eigenvalue weighted by Crippen LogP contribution is 2.19. The molecule has 0 saturated heterocycles. The molecule has 0 fully saturated rings. The van der Waals surface area contributed by atoms with Crippen molar-refractivity contribution in [2.75, 3.05) is 12.0 Å². The van der Waals surface area contributed by atoms with Crippen LogP contribution in [0.15, 0.2) is 24.3 Å². The highest BCUT2D eigenvalue weighted by atomic mass is 35.5. The lowest BCUT2D eigenvalue weighted by Gasteiger charge is -2.08. The van der Waals surface area contributed by atoms with Crippen LogP contribution in [-0.2, 0) is 0 Å². The SMILES string of the molecule is CSCC(O)c1cccc(Cl)c1. The molecule has 1 aromatic carbocycles. The third-order valence-corrected chi connectivity index (χ3v) is 2.44. The fourth-order valence-corrected chi connectivity index (χ4v) is 1.67. The molecule has 0 heterocycles. The maximum Gasteiger partial charge on any atom is 0.0880 e. The van der Waals surface area contributed by atoms with Crippen LogP contribution in [0.4, 0.5) is 0 Å². The fraction of sp³-hybridized carbons (Fsp3) is 0.333. The minimum Gasteiger partial charge on any atom is -0.388 e. The Morgan fingerprint density at radius 3 is 2.92 bits per heavy atom. The first kappa shape index (κ1) is 9.90. The van der Waals surface area contributed by atoms with E-state index in [1.165, 1.54) is 0 Å². The van der Waals surface area contributed by atoms with Crippen LogP contribution < -0.4 is 0 Å². The van der Waals surface area contributed by atoms with E-state index < -0.39 is 6.10 Å². The van der Waals surface area contributed by atoms with Gasteiger partial charge in [-0.3, -0.25) is 0 Å². The Kier molecular flexibility index (Phi) is 3.92. The van der Waals surface area contributed by atoms with Gasteiger partial charge in [-0.25, -0.2) is 0 Å². The minimum atomic E-state index is -0.404. The van der Waals surface area contributed by atoms with Crippen molar-refractivity contribution >= 4 is 23.4 Å². The van der Waals surface area contributed by atoms with Gasteiger partial charge in [-0.1, -0.05) is 23.7 Å². The summed E-state index contributed by atoms with van der Waals surface area (Å²) in [5.41, 5.74) is 0.886. The molecule has 1 aromatic rings. The lowest BCUT2D eigenvalue weighted by atomic mass is 10.1. The summed E-state index contributed by atoms with van der Waals surface area (Å²) in [7, 11) is 0. The van der Waals surface area contributed by atoms with Gasteiger partial charge in [0.2, 0.25) is 0 Å². The van der Waals surface area contributed by atoms with E-state index in [1.54, 1.807) is 23.9 Å². The summed E-state index contributed by atoms with van der Waals surface area (Å²) in [4.78, 5) is 0. The number of aliphatic hydroxyl groups is 1. The summed E-state index contributed by atoms with van der Waals surface area (Å²) in [6.45, 7) is 0. The largest absolute Gasteiger partial charge is 0.388 e. The van der Waals surface area contributed by atoms with Gasteiger partial charge in [-0.05, 0) is 24.0 Å². The predicted octanol–water partition coefficient (Wildman–Crippen LogP) is 2.74. The van der Waals surface area contributed by atoms with Crippen molar-refractivity contribution < 1.29 is 5.11 Å². The van der Waals surface area contributed by atoms with Gasteiger partial charge in [-0.2, -0.15) is 11.8 Å². The molecule has 0 saturated carbocycles. The smallest absolute Gasteiger partial charge is 0.0880 e. The van der Waals surface area contributed by atoms with Gasteiger partial charge in [0.15, 0.2) is 0 Å². The average Bonchev–Trinajstić information content (AvgIpc) is 2.05. The van der Waals surface area contributed by atoms with Crippen molar-refractivity contribution in [3.63, 3.8) is 0 Å². The van der Waals surface area contributed by atoms with Crippen molar-refractivity contribution in [3.8, 4) is 0 Å². The average molecular weight is 203 g/mol. The van der Waals surface area contributed by atoms with Gasteiger partial charge in [0, 0.05) is 10.8 Å². The lowest BCUT2D eigenvalue weighted by molar-refractivity contribution is 0.204. The number of rotatable bonds is 3. The first-order valence-electron chi connectivity index (χ1n) is 3.66. The molecule has 0 aliphatic heterocycles. The summed E-state index contributed by atoms with van der Waals surface area (Å²) in [5.74, 6) is 0.709. The Morgan fingerprint density at radius 1 is 1.58 bits per heavy atom. The third kappa shape index (κ3) is 2.70. The Labute approximate surface area is 81.7 Å². The summed E-state index contributed by atoms with van der Waals surface area (Å²) < 4.78 is 0. The third-order valence-electron chi connectivity index (χ3n) is 1.56. The Balaban J connectivity index is 2.73. The molecule has 1 atom stereocenters. The number of aliphatic hydroxyl groups excluding tert-OH is 1. The standard InChI is InChI=1S/C9H11ClOS/c1-12-6-9(11)7-3-2-4-8(10)5-7/h2-5,9,11H,6H2,1H3. The topological polar surface area (TPSA) is 20.2 Å². The molecule has 12 heavy (non-hydrogen) atoms. The minimum absolute atomic E-state index is 0.404. The monoisotopic (exact) mass is 202 g/mol. The molecule has 0 bridgehead atoms. The number of benzene rings is 1. The van der Waals surface area contributed by atoms with Crippen molar-refractivity contribution in [1.29, 1.82) is 0 Å². The van der Waals surface area contributed by atoms with Gasteiger partial charge < -0.3 is 5.11 Å². The molecule has 1 nitrogen and oxygen atoms in total. The first-order chi connectivity index (χ1) is 5.74. The van der Waals surface area contributed by atoms with Gasteiger partial charge in [-0.15, -0.1) is 0 Å². The van der Waals surface area contributed by atoms with Crippen LogP contribution in [0.3, 0.4) is 0 Å². The zero-order valence-corrected chi connectivity index (χ0v) is 8.40. The summed E-state index contributed by atoms with van der Waals surface area (Å²) in [5, 5.41) is 10.2. The van der Waals surface area contributed by atoms with Crippen molar-refractivity contribution in [2.24, 2.45) is 0 Å². The quantitative estimate of drug-likeness (QED) is 0.814. The molecule has 0 amide bonds. The Bertz CT molecular complexity index is 252. The van der Waals surface area contributed by atoms with Gasteiger partial charge >= 0.3 is 0 Å². The van der Waals surface area contributed by atoms with Gasteiger partial charge in [0.25, 0.3) is 0 Å². The maximum atomic E-state index is 9.57. The molecule has 0 aliphatic carbocycles. The van der Waals surface area contributed by atoms with E-state index in [0.29, 0.717) is 10.8 Å². The summed E-state index contributed by atoms with van der Waals surface area (Å²) >= 11 is 7.39. The second-order valence-electron chi connectivity index (χ2n) is 2.53. The number of hydrogen-bond donors (Lipinski definition) is 1. The summed E-state index contributed by atoms with van der Waals surface area (Å²) in [6, 6.07) is 7.33. The molecule has 1 unspecified atom stereocenters. The van der Waals surface area contributed by atoms with E-state index in [2.05, 4.69) is 0 Å². The number of thioether (sulfide) groups is 1. The van der Waals surface area contributed by atoms with Crippen LogP contribution in [0.25, 0.3) is 0 Å². The van der Waals surface area contributed by atoms with E-state index in [1.807, 2.05) is 18.4 Å². The number of hydrogen-bond acceptors (Lipinski definition) is 2. The van der Waals surface area contributed by atoms with E-state index in [9.17, 15) is 5.11 Å². The summed E-state index contributed by atoms with van der Waals surface area (Å²) in [6.07, 6.45) is 1.56. The molecule has 0 radical (unpaired) electrons. The second kappa shape index (κ2) is 4.75. The van der Waals surface area contributed by atoms with Gasteiger partial charge in [0.05, 0.1) is 6.10 Å². The van der Waals surface area contributed by atoms with Crippen LogP contribution in [0.1, 0.15) is 11.7 Å². The molecule has 3 heteroatoms. The highest BCUT2D eigenvalue weighted by molar-refractivity contribution is 7.98. The van der Waals surface area contributed by atoms with Crippen molar-refractivity contribution in [3.05, 3.63) is 34.9 Å². The van der Waals surface area contributed by atoms with Crippen LogP contribution >= 0.6 is 23.4 Å². The zero-order chi connectivity index (χ0) is 8.97. The maximum absolute atomic E-state index is 9.57. The molecular formula is C9H11ClOS. The fourth-order valence-electron chi connectivity index (χ4n) is 0.968. The zero-order valence-electron chi connectivity index (χ0n) is 6.83. The lowest BCUT2D eigenvalue weighted by Crippen LogP contribution is -1.99. The van der Waals surface area contributed by atoms with Crippen LogP contribution in [0, 0.1) is 0 Å². The van der Waals surface area contributed by atoms with E-state index in [0.717, 1.165) is 5.56 Å². The van der Waals surface area contributed by atoms with Crippen LogP contribution in [0.2, 0.25) is 5.02 Å². The normalized spacial score (nSPS) is 12.9. The predicted molar refractivity (Wildman–Crippen MR) is 54.8 cm³/mol. The van der Waals surface area contributed by atoms with Crippen molar-refractivity contribution in [1.82, 2.24) is 0 Å². The molecule has 1 rings (SSSR count). The molecule has 0 spiro atoms. The van der Waals surface area contributed by atoms with E-state index >= 15 is 0 Å². The van der Waals surface area contributed by atoms with E-state index in [-0.39, 0.29) is 0 Å². The molecule has 0 aromatic heterocycles. The highest BCUT2D eigenvalue weighted by Gasteiger charge is 2.05. The number of halogens is 1. The Morgan fingerprint density at radius 2 is 2.33 bits per heavy atom. The van der Waals surface area contributed by atoms with Crippen molar-refractivity contribution in [2.45, 2.75) is 6.10 Å². The van der Waals surface area contributed by atoms with Crippen LogP contribution in [-0.4, -0.2) is 17.1 Å². The molecule has 66 valence electrons. The molecule has 0 aliphatic rings. The molecular weight excluding hydrogens is 192 g/mol. The Hall–Kier alpha value is -0.180. The van der Waals surface area contributed by atoms with Gasteiger partial charge in [0.1, 0.15) is 0 Å². The second-order valence-corrected chi connectivity index (χ2v) is 3.87. The van der Waals surface area contributed by atoms with Crippen LogP contribution in [0.5, 0.6) is 0 Å².